The lowest BCUT2D eigenvalue weighted by Crippen LogP contribution is -2.36. The first-order chi connectivity index (χ1) is 14.4. The number of aryl methyl sites for hydroxylation is 1. The molecule has 6 heteroatoms. The number of carbonyl (C=O) groups excluding carboxylic acids is 1. The standard InChI is InChI=1S/C24H27FN4O/c1-15-4-3-5-21(25)23(15)17-10-18-14-27-22(26)12-19(18)20(11-17)24(30)28-13-16-6-8-29(2)9-7-16/h3-5,10-12,14,16H,6-9,13H2,1-2H3,(H2,26,27)(H,28,30). The lowest BCUT2D eigenvalue weighted by atomic mass is 9.94. The molecular weight excluding hydrogens is 379 g/mol. The molecule has 0 bridgehead atoms. The molecule has 1 aliphatic rings. The number of carbonyl (C=O) groups is 1. The molecule has 30 heavy (non-hydrogen) atoms. The Kier molecular flexibility index (Phi) is 5.68. The average Bonchev–Trinajstić information content (AvgIpc) is 2.72. The van der Waals surface area contributed by atoms with E-state index in [1.54, 1.807) is 24.4 Å². The number of nitrogens with zero attached hydrogens (tertiary/aromatic N) is 2. The first-order valence-electron chi connectivity index (χ1n) is 10.3. The highest BCUT2D eigenvalue weighted by Gasteiger charge is 2.20. The van der Waals surface area contributed by atoms with Crippen molar-refractivity contribution in [1.82, 2.24) is 15.2 Å². The molecule has 1 aromatic heterocycles. The van der Waals surface area contributed by atoms with Crippen molar-refractivity contribution in [2.24, 2.45) is 5.92 Å². The molecule has 3 aromatic rings. The van der Waals surface area contributed by atoms with Gasteiger partial charge in [0.15, 0.2) is 0 Å². The fourth-order valence-electron chi connectivity index (χ4n) is 4.20. The van der Waals surface area contributed by atoms with Gasteiger partial charge in [-0.05, 0) is 86.6 Å². The smallest absolute Gasteiger partial charge is 0.251 e. The van der Waals surface area contributed by atoms with E-state index in [9.17, 15) is 9.18 Å². The average molecular weight is 407 g/mol. The second-order valence-electron chi connectivity index (χ2n) is 8.24. The zero-order valence-electron chi connectivity index (χ0n) is 17.4. The van der Waals surface area contributed by atoms with E-state index >= 15 is 0 Å². The number of halogens is 1. The molecule has 1 aliphatic heterocycles. The van der Waals surface area contributed by atoms with Crippen molar-refractivity contribution in [3.05, 3.63) is 59.5 Å². The summed E-state index contributed by atoms with van der Waals surface area (Å²) in [5, 5.41) is 4.57. The van der Waals surface area contributed by atoms with Crippen LogP contribution in [-0.4, -0.2) is 42.5 Å². The Balaban J connectivity index is 1.70. The Morgan fingerprint density at radius 2 is 2.03 bits per heavy atom. The fourth-order valence-corrected chi connectivity index (χ4v) is 4.20. The number of aromatic nitrogens is 1. The first kappa shape index (κ1) is 20.3. The monoisotopic (exact) mass is 406 g/mol. The number of nitrogens with one attached hydrogen (secondary N) is 1. The number of anilines is 1. The molecule has 3 N–H and O–H groups in total. The number of benzene rings is 2. The molecule has 0 radical (unpaired) electrons. The molecule has 0 saturated carbocycles. The predicted octanol–water partition coefficient (Wildman–Crippen LogP) is 4.00. The first-order valence-corrected chi connectivity index (χ1v) is 10.3. The fraction of sp³-hybridized carbons (Fsp3) is 0.333. The van der Waals surface area contributed by atoms with Crippen molar-refractivity contribution in [2.45, 2.75) is 19.8 Å². The normalized spacial score (nSPS) is 15.4. The van der Waals surface area contributed by atoms with Gasteiger partial charge in [-0.25, -0.2) is 9.37 Å². The largest absolute Gasteiger partial charge is 0.384 e. The van der Waals surface area contributed by atoms with Crippen molar-refractivity contribution in [3.63, 3.8) is 0 Å². The SMILES string of the molecule is Cc1cccc(F)c1-c1cc(C(=O)NCC2CCN(C)CC2)c2cc(N)ncc2c1. The van der Waals surface area contributed by atoms with Crippen molar-refractivity contribution in [1.29, 1.82) is 0 Å². The highest BCUT2D eigenvalue weighted by atomic mass is 19.1. The van der Waals surface area contributed by atoms with Crippen LogP contribution in [0.2, 0.25) is 0 Å². The maximum atomic E-state index is 14.6. The van der Waals surface area contributed by atoms with Crippen LogP contribution >= 0.6 is 0 Å². The highest BCUT2D eigenvalue weighted by Crippen LogP contribution is 2.32. The van der Waals surface area contributed by atoms with Crippen LogP contribution in [0, 0.1) is 18.7 Å². The molecule has 2 aromatic carbocycles. The molecule has 5 nitrogen and oxygen atoms in total. The Morgan fingerprint density at radius 1 is 1.27 bits per heavy atom. The number of nitrogens with two attached hydrogens (primary N) is 1. The summed E-state index contributed by atoms with van der Waals surface area (Å²) >= 11 is 0. The van der Waals surface area contributed by atoms with E-state index in [-0.39, 0.29) is 11.7 Å². The number of hydrogen-bond acceptors (Lipinski definition) is 4. The molecule has 0 spiro atoms. The topological polar surface area (TPSA) is 71.2 Å². The van der Waals surface area contributed by atoms with Gasteiger partial charge in [0.2, 0.25) is 0 Å². The van der Waals surface area contributed by atoms with Gasteiger partial charge in [-0.2, -0.15) is 0 Å². The van der Waals surface area contributed by atoms with Crippen LogP contribution in [0.15, 0.2) is 42.6 Å². The van der Waals surface area contributed by atoms with Crippen molar-refractivity contribution in [3.8, 4) is 11.1 Å². The van der Waals surface area contributed by atoms with Crippen LogP contribution in [0.25, 0.3) is 21.9 Å². The summed E-state index contributed by atoms with van der Waals surface area (Å²) < 4.78 is 14.6. The van der Waals surface area contributed by atoms with E-state index in [0.717, 1.165) is 42.3 Å². The maximum Gasteiger partial charge on any atom is 0.251 e. The van der Waals surface area contributed by atoms with E-state index in [0.29, 0.717) is 35.0 Å². The highest BCUT2D eigenvalue weighted by molar-refractivity contribution is 6.09. The number of hydrogen-bond donors (Lipinski definition) is 2. The van der Waals surface area contributed by atoms with E-state index in [1.807, 2.05) is 19.1 Å². The molecule has 0 aliphatic carbocycles. The lowest BCUT2D eigenvalue weighted by molar-refractivity contribution is 0.0940. The Bertz CT molecular complexity index is 1070. The molecule has 1 amide bonds. The minimum Gasteiger partial charge on any atom is -0.384 e. The van der Waals surface area contributed by atoms with E-state index in [1.165, 1.54) is 6.07 Å². The number of fused-ring (bicyclic) bond motifs is 1. The quantitative estimate of drug-likeness (QED) is 0.687. The van der Waals surface area contributed by atoms with Crippen LogP contribution in [0.5, 0.6) is 0 Å². The van der Waals surface area contributed by atoms with Crippen molar-refractivity contribution >= 4 is 22.5 Å². The molecular formula is C24H27FN4O. The van der Waals surface area contributed by atoms with Gasteiger partial charge in [0.1, 0.15) is 11.6 Å². The minimum absolute atomic E-state index is 0.166. The molecule has 0 unspecified atom stereocenters. The van der Waals surface area contributed by atoms with Crippen LogP contribution in [0.3, 0.4) is 0 Å². The van der Waals surface area contributed by atoms with E-state index in [4.69, 9.17) is 5.73 Å². The number of likely N-dealkylation sites (tertiary alicyclic amines) is 1. The van der Waals surface area contributed by atoms with Crippen LogP contribution in [0.4, 0.5) is 10.2 Å². The molecule has 0 atom stereocenters. The van der Waals surface area contributed by atoms with Gasteiger partial charge in [-0.1, -0.05) is 12.1 Å². The third-order valence-electron chi connectivity index (χ3n) is 6.00. The van der Waals surface area contributed by atoms with Gasteiger partial charge in [0.05, 0.1) is 0 Å². The minimum atomic E-state index is -0.310. The Labute approximate surface area is 176 Å². The summed E-state index contributed by atoms with van der Waals surface area (Å²) in [6, 6.07) is 10.3. The summed E-state index contributed by atoms with van der Waals surface area (Å²) in [5.74, 6) is 0.345. The molecule has 156 valence electrons. The Morgan fingerprint density at radius 3 is 2.77 bits per heavy atom. The zero-order chi connectivity index (χ0) is 21.3. The summed E-state index contributed by atoms with van der Waals surface area (Å²) in [6.45, 7) is 4.60. The number of amides is 1. The van der Waals surface area contributed by atoms with Crippen LogP contribution < -0.4 is 11.1 Å². The number of nitrogen functional groups attached to an aromatic ring is 1. The van der Waals surface area contributed by atoms with Gasteiger partial charge in [-0.15, -0.1) is 0 Å². The Hall–Kier alpha value is -2.99. The van der Waals surface area contributed by atoms with Crippen molar-refractivity contribution in [2.75, 3.05) is 32.4 Å². The van der Waals surface area contributed by atoms with Crippen LogP contribution in [-0.2, 0) is 0 Å². The van der Waals surface area contributed by atoms with Gasteiger partial charge < -0.3 is 16.0 Å². The van der Waals surface area contributed by atoms with Gasteiger partial charge in [0.25, 0.3) is 5.91 Å². The van der Waals surface area contributed by atoms with Gasteiger partial charge in [-0.3, -0.25) is 4.79 Å². The summed E-state index contributed by atoms with van der Waals surface area (Å²) in [7, 11) is 2.12. The summed E-state index contributed by atoms with van der Waals surface area (Å²) in [5.41, 5.74) is 8.36. The summed E-state index contributed by atoms with van der Waals surface area (Å²) in [4.78, 5) is 19.6. The maximum absolute atomic E-state index is 14.6. The van der Waals surface area contributed by atoms with E-state index < -0.39 is 0 Å². The third-order valence-corrected chi connectivity index (χ3v) is 6.00. The predicted molar refractivity (Wildman–Crippen MR) is 119 cm³/mol. The second kappa shape index (κ2) is 8.40. The molecule has 2 heterocycles. The van der Waals surface area contributed by atoms with Gasteiger partial charge in [0, 0.05) is 29.3 Å². The number of pyridine rings is 1. The summed E-state index contributed by atoms with van der Waals surface area (Å²) in [6.07, 6.45) is 3.78. The van der Waals surface area contributed by atoms with E-state index in [2.05, 4.69) is 22.2 Å². The lowest BCUT2D eigenvalue weighted by Gasteiger charge is -2.29. The second-order valence-corrected chi connectivity index (χ2v) is 8.24. The third kappa shape index (κ3) is 4.14. The zero-order valence-corrected chi connectivity index (χ0v) is 17.4. The molecule has 1 saturated heterocycles. The number of piperidine rings is 1. The van der Waals surface area contributed by atoms with Crippen molar-refractivity contribution < 1.29 is 9.18 Å². The molecule has 4 rings (SSSR count). The number of rotatable bonds is 4. The molecule has 1 fully saturated rings. The van der Waals surface area contributed by atoms with Crippen LogP contribution in [0.1, 0.15) is 28.8 Å². The van der Waals surface area contributed by atoms with Gasteiger partial charge >= 0.3 is 0 Å².